The molecule has 7 nitrogen and oxygen atoms in total. The number of para-hydroxylation sites is 1. The molecule has 1 aliphatic rings. The summed E-state index contributed by atoms with van der Waals surface area (Å²) in [5, 5.41) is 9.15. The number of fused-ring (bicyclic) bond motifs is 1. The Morgan fingerprint density at radius 1 is 1.00 bits per heavy atom. The third-order valence-corrected chi connectivity index (χ3v) is 7.00. The van der Waals surface area contributed by atoms with Crippen molar-refractivity contribution in [3.63, 3.8) is 0 Å². The first-order chi connectivity index (χ1) is 18.2. The van der Waals surface area contributed by atoms with Crippen molar-refractivity contribution in [3.05, 3.63) is 108 Å². The maximum Gasteiger partial charge on any atom is 0.275 e. The molecule has 1 aliphatic heterocycles. The van der Waals surface area contributed by atoms with Gasteiger partial charge in [-0.2, -0.15) is 5.10 Å². The molecular weight excluding hydrogens is 462 g/mol. The third-order valence-electron chi connectivity index (χ3n) is 7.00. The molecule has 0 radical (unpaired) electrons. The van der Waals surface area contributed by atoms with Crippen LogP contribution < -0.4 is 5.32 Å². The van der Waals surface area contributed by atoms with E-state index in [4.69, 9.17) is 14.5 Å². The van der Waals surface area contributed by atoms with Crippen LogP contribution in [0.1, 0.15) is 27.5 Å². The summed E-state index contributed by atoms with van der Waals surface area (Å²) in [6, 6.07) is 28.2. The summed E-state index contributed by atoms with van der Waals surface area (Å²) in [7, 11) is 0. The molecule has 0 spiro atoms. The van der Waals surface area contributed by atoms with Crippen LogP contribution in [0, 0.1) is 6.92 Å². The van der Waals surface area contributed by atoms with Crippen molar-refractivity contribution >= 4 is 16.8 Å². The Balaban J connectivity index is 1.31. The number of amides is 1. The Morgan fingerprint density at radius 2 is 1.73 bits per heavy atom. The Labute approximate surface area is 215 Å². The topological polar surface area (TPSA) is 76.2 Å². The fourth-order valence-corrected chi connectivity index (χ4v) is 5.06. The van der Waals surface area contributed by atoms with Gasteiger partial charge in [-0.25, -0.2) is 4.98 Å². The molecule has 1 amide bonds. The Hall–Kier alpha value is -4.23. The van der Waals surface area contributed by atoms with Gasteiger partial charge in [0.1, 0.15) is 11.5 Å². The smallest absolute Gasteiger partial charge is 0.275 e. The van der Waals surface area contributed by atoms with Crippen LogP contribution in [0.2, 0.25) is 0 Å². The maximum atomic E-state index is 13.9. The zero-order chi connectivity index (χ0) is 25.2. The SMILES string of the molecule is Cc1oc(-c2ccccc2)nc1Cn1nc(C(=O)N2CCNC[C@H]2Cc2ccccc2)c2ccccc21. The van der Waals surface area contributed by atoms with Crippen LogP contribution in [0.5, 0.6) is 0 Å². The van der Waals surface area contributed by atoms with Gasteiger partial charge in [0.25, 0.3) is 5.91 Å². The summed E-state index contributed by atoms with van der Waals surface area (Å²) in [4.78, 5) is 20.7. The van der Waals surface area contributed by atoms with Gasteiger partial charge in [-0.15, -0.1) is 0 Å². The summed E-state index contributed by atoms with van der Waals surface area (Å²) >= 11 is 0. The number of nitrogens with one attached hydrogen (secondary N) is 1. The second-order valence-electron chi connectivity index (χ2n) is 9.46. The summed E-state index contributed by atoms with van der Waals surface area (Å²) in [5.41, 5.74) is 4.35. The van der Waals surface area contributed by atoms with E-state index >= 15 is 0 Å². The standard InChI is InChI=1S/C30H29N5O2/c1-21-26(32-29(37-21)23-12-6-3-7-13-23)20-35-27-15-9-8-14-25(27)28(33-35)30(36)34-17-16-31-19-24(34)18-22-10-4-2-5-11-22/h2-15,24,31H,16-20H2,1H3/t24-/m1/s1. The van der Waals surface area contributed by atoms with Crippen molar-refractivity contribution in [1.29, 1.82) is 0 Å². The highest BCUT2D eigenvalue weighted by atomic mass is 16.4. The molecule has 3 aromatic carbocycles. The maximum absolute atomic E-state index is 13.9. The Bertz CT molecular complexity index is 1520. The van der Waals surface area contributed by atoms with Crippen LogP contribution in [-0.4, -0.2) is 51.2 Å². The minimum Gasteiger partial charge on any atom is -0.441 e. The fourth-order valence-electron chi connectivity index (χ4n) is 5.06. The number of hydrogen-bond donors (Lipinski definition) is 1. The predicted octanol–water partition coefficient (Wildman–Crippen LogP) is 4.70. The van der Waals surface area contributed by atoms with Gasteiger partial charge in [0.2, 0.25) is 5.89 Å². The number of aryl methyl sites for hydroxylation is 1. The van der Waals surface area contributed by atoms with E-state index in [1.165, 1.54) is 5.56 Å². The molecule has 1 saturated heterocycles. The summed E-state index contributed by atoms with van der Waals surface area (Å²) in [6.07, 6.45) is 0.804. The lowest BCUT2D eigenvalue weighted by molar-refractivity contribution is 0.0631. The van der Waals surface area contributed by atoms with Crippen molar-refractivity contribution in [1.82, 2.24) is 25.0 Å². The van der Waals surface area contributed by atoms with Gasteiger partial charge in [-0.1, -0.05) is 66.7 Å². The molecule has 0 unspecified atom stereocenters. The van der Waals surface area contributed by atoms with Crippen molar-refractivity contribution in [2.24, 2.45) is 0 Å². The molecule has 2 aromatic heterocycles. The van der Waals surface area contributed by atoms with E-state index in [0.717, 1.165) is 47.4 Å². The number of carbonyl (C=O) groups is 1. The average molecular weight is 492 g/mol. The highest BCUT2D eigenvalue weighted by Gasteiger charge is 2.30. The van der Waals surface area contributed by atoms with Crippen molar-refractivity contribution in [2.45, 2.75) is 25.9 Å². The Morgan fingerprint density at radius 3 is 2.54 bits per heavy atom. The van der Waals surface area contributed by atoms with E-state index in [2.05, 4.69) is 17.4 Å². The lowest BCUT2D eigenvalue weighted by Gasteiger charge is -2.36. The number of piperazine rings is 1. The number of hydrogen-bond acceptors (Lipinski definition) is 5. The van der Waals surface area contributed by atoms with Gasteiger partial charge in [0.15, 0.2) is 5.69 Å². The van der Waals surface area contributed by atoms with E-state index < -0.39 is 0 Å². The molecule has 1 N–H and O–H groups in total. The van der Waals surface area contributed by atoms with Crippen LogP contribution in [-0.2, 0) is 13.0 Å². The molecule has 0 bridgehead atoms. The minimum atomic E-state index is -0.0285. The molecule has 1 atom stereocenters. The van der Waals surface area contributed by atoms with Crippen molar-refractivity contribution in [2.75, 3.05) is 19.6 Å². The lowest BCUT2D eigenvalue weighted by atomic mass is 10.0. The quantitative estimate of drug-likeness (QED) is 0.373. The first-order valence-electron chi connectivity index (χ1n) is 12.7. The van der Waals surface area contributed by atoms with Crippen LogP contribution >= 0.6 is 0 Å². The second-order valence-corrected chi connectivity index (χ2v) is 9.46. The molecule has 6 rings (SSSR count). The lowest BCUT2D eigenvalue weighted by Crippen LogP contribution is -2.54. The van der Waals surface area contributed by atoms with Crippen LogP contribution in [0.4, 0.5) is 0 Å². The first-order valence-corrected chi connectivity index (χ1v) is 12.7. The molecule has 5 aromatic rings. The van der Waals surface area contributed by atoms with E-state index in [9.17, 15) is 4.79 Å². The molecule has 0 saturated carbocycles. The zero-order valence-electron chi connectivity index (χ0n) is 20.8. The number of nitrogens with zero attached hydrogens (tertiary/aromatic N) is 4. The fraction of sp³-hybridized carbons (Fsp3) is 0.233. The van der Waals surface area contributed by atoms with E-state index in [0.29, 0.717) is 24.7 Å². The number of carbonyl (C=O) groups excluding carboxylic acids is 1. The van der Waals surface area contributed by atoms with Crippen LogP contribution in [0.3, 0.4) is 0 Å². The van der Waals surface area contributed by atoms with Crippen molar-refractivity contribution in [3.8, 4) is 11.5 Å². The van der Waals surface area contributed by atoms with Crippen LogP contribution in [0.15, 0.2) is 89.3 Å². The second kappa shape index (κ2) is 10.0. The summed E-state index contributed by atoms with van der Waals surface area (Å²) in [6.45, 7) is 4.53. The normalized spacial score (nSPS) is 15.8. The van der Waals surface area contributed by atoms with E-state index in [-0.39, 0.29) is 11.9 Å². The van der Waals surface area contributed by atoms with Gasteiger partial charge in [0, 0.05) is 36.6 Å². The zero-order valence-corrected chi connectivity index (χ0v) is 20.8. The van der Waals surface area contributed by atoms with Gasteiger partial charge < -0.3 is 14.6 Å². The average Bonchev–Trinajstić information content (AvgIpc) is 3.50. The van der Waals surface area contributed by atoms with Crippen LogP contribution in [0.25, 0.3) is 22.4 Å². The highest BCUT2D eigenvalue weighted by molar-refractivity contribution is 6.05. The predicted molar refractivity (Wildman–Crippen MR) is 143 cm³/mol. The minimum absolute atomic E-state index is 0.0285. The third kappa shape index (κ3) is 4.66. The van der Waals surface area contributed by atoms with Gasteiger partial charge >= 0.3 is 0 Å². The number of benzene rings is 3. The molecular formula is C30H29N5O2. The van der Waals surface area contributed by atoms with Crippen molar-refractivity contribution < 1.29 is 9.21 Å². The Kier molecular flexibility index (Phi) is 6.28. The van der Waals surface area contributed by atoms with Gasteiger partial charge in [-0.3, -0.25) is 9.48 Å². The molecule has 7 heteroatoms. The highest BCUT2D eigenvalue weighted by Crippen LogP contribution is 2.26. The summed E-state index contributed by atoms with van der Waals surface area (Å²) < 4.78 is 7.84. The molecule has 0 aliphatic carbocycles. The van der Waals surface area contributed by atoms with Gasteiger partial charge in [-0.05, 0) is 37.1 Å². The first kappa shape index (κ1) is 23.2. The molecule has 3 heterocycles. The number of oxazole rings is 1. The van der Waals surface area contributed by atoms with Gasteiger partial charge in [0.05, 0.1) is 12.1 Å². The monoisotopic (exact) mass is 491 g/mol. The summed E-state index contributed by atoms with van der Waals surface area (Å²) in [5.74, 6) is 1.31. The van der Waals surface area contributed by atoms with E-state index in [1.807, 2.05) is 89.3 Å². The number of aromatic nitrogens is 3. The number of rotatable bonds is 6. The van der Waals surface area contributed by atoms with E-state index in [1.54, 1.807) is 0 Å². The largest absolute Gasteiger partial charge is 0.441 e. The molecule has 186 valence electrons. The molecule has 1 fully saturated rings. The molecule has 37 heavy (non-hydrogen) atoms.